The summed E-state index contributed by atoms with van der Waals surface area (Å²) in [6.45, 7) is 2.37. The van der Waals surface area contributed by atoms with Crippen LogP contribution in [0.3, 0.4) is 0 Å². The molecule has 0 bridgehead atoms. The molecule has 0 saturated heterocycles. The van der Waals surface area contributed by atoms with Crippen molar-refractivity contribution in [2.24, 2.45) is 0 Å². The minimum absolute atomic E-state index is 0.141. The van der Waals surface area contributed by atoms with Gasteiger partial charge in [-0.25, -0.2) is 0 Å². The summed E-state index contributed by atoms with van der Waals surface area (Å²) in [5.41, 5.74) is 3.15. The van der Waals surface area contributed by atoms with Crippen molar-refractivity contribution in [2.75, 3.05) is 6.54 Å². The van der Waals surface area contributed by atoms with Crippen LogP contribution in [-0.4, -0.2) is 12.5 Å². The molecule has 0 aliphatic rings. The van der Waals surface area contributed by atoms with Gasteiger partial charge in [0.25, 0.3) is 0 Å². The standard InChI is InChI=1S/C19H17NO/c1-16-9-11-18(12-10-16)13-14-19(21)20-15-5-8-17-6-3-2-4-7-17/h2-4,6-7,9-14H,15H2,1H3,(H,20,21)/b14-13+. The molecule has 2 rings (SSSR count). The molecule has 0 aliphatic heterocycles. The van der Waals surface area contributed by atoms with Crippen molar-refractivity contribution in [3.8, 4) is 11.8 Å². The van der Waals surface area contributed by atoms with E-state index in [1.54, 1.807) is 6.08 Å². The fraction of sp³-hybridized carbons (Fsp3) is 0.105. The average Bonchev–Trinajstić information content (AvgIpc) is 2.52. The first-order chi connectivity index (χ1) is 10.2. The highest BCUT2D eigenvalue weighted by Gasteiger charge is 1.92. The van der Waals surface area contributed by atoms with Crippen molar-refractivity contribution in [1.82, 2.24) is 5.32 Å². The molecule has 2 aromatic carbocycles. The molecule has 1 amide bonds. The molecule has 2 nitrogen and oxygen atoms in total. The Morgan fingerprint density at radius 3 is 2.52 bits per heavy atom. The Morgan fingerprint density at radius 1 is 1.10 bits per heavy atom. The van der Waals surface area contributed by atoms with Crippen molar-refractivity contribution in [2.45, 2.75) is 6.92 Å². The fourth-order valence-corrected chi connectivity index (χ4v) is 1.71. The fourth-order valence-electron chi connectivity index (χ4n) is 1.71. The van der Waals surface area contributed by atoms with E-state index >= 15 is 0 Å². The van der Waals surface area contributed by atoms with E-state index in [0.717, 1.165) is 11.1 Å². The van der Waals surface area contributed by atoms with Gasteiger partial charge in [0.15, 0.2) is 0 Å². The van der Waals surface area contributed by atoms with Gasteiger partial charge in [-0.2, -0.15) is 0 Å². The molecule has 21 heavy (non-hydrogen) atoms. The van der Waals surface area contributed by atoms with Crippen molar-refractivity contribution in [3.05, 3.63) is 77.4 Å². The first-order valence-corrected chi connectivity index (χ1v) is 6.80. The summed E-state index contributed by atoms with van der Waals surface area (Å²) >= 11 is 0. The van der Waals surface area contributed by atoms with Crippen molar-refractivity contribution in [3.63, 3.8) is 0 Å². The summed E-state index contributed by atoms with van der Waals surface area (Å²) in [7, 11) is 0. The van der Waals surface area contributed by atoms with Crippen LogP contribution < -0.4 is 5.32 Å². The Labute approximate surface area is 125 Å². The normalized spacial score (nSPS) is 9.95. The molecule has 1 N–H and O–H groups in total. The molecule has 0 unspecified atom stereocenters. The summed E-state index contributed by atoms with van der Waals surface area (Å²) in [6.07, 6.45) is 3.31. The molecule has 0 aliphatic carbocycles. The predicted octanol–water partition coefficient (Wildman–Crippen LogP) is 3.18. The van der Waals surface area contributed by atoms with E-state index in [0.29, 0.717) is 6.54 Å². The third-order valence-electron chi connectivity index (χ3n) is 2.86. The average molecular weight is 275 g/mol. The van der Waals surface area contributed by atoms with Gasteiger partial charge in [-0.3, -0.25) is 4.79 Å². The molecule has 0 spiro atoms. The maximum absolute atomic E-state index is 11.6. The molecule has 0 heterocycles. The van der Waals surface area contributed by atoms with Gasteiger partial charge in [0.2, 0.25) is 5.91 Å². The van der Waals surface area contributed by atoms with Crippen LogP contribution in [0.25, 0.3) is 6.08 Å². The van der Waals surface area contributed by atoms with Crippen LogP contribution >= 0.6 is 0 Å². The second-order valence-electron chi connectivity index (χ2n) is 4.63. The third kappa shape index (κ3) is 5.38. The Kier molecular flexibility index (Phi) is 5.37. The summed E-state index contributed by atoms with van der Waals surface area (Å²) in [5, 5.41) is 2.74. The Morgan fingerprint density at radius 2 is 1.81 bits per heavy atom. The smallest absolute Gasteiger partial charge is 0.244 e. The second-order valence-corrected chi connectivity index (χ2v) is 4.63. The van der Waals surface area contributed by atoms with Gasteiger partial charge in [-0.15, -0.1) is 0 Å². The minimum Gasteiger partial charge on any atom is -0.342 e. The predicted molar refractivity (Wildman–Crippen MR) is 86.5 cm³/mol. The van der Waals surface area contributed by atoms with Gasteiger partial charge in [-0.05, 0) is 30.7 Å². The quantitative estimate of drug-likeness (QED) is 0.676. The summed E-state index contributed by atoms with van der Waals surface area (Å²) < 4.78 is 0. The number of hydrogen-bond acceptors (Lipinski definition) is 1. The molecule has 0 radical (unpaired) electrons. The summed E-state index contributed by atoms with van der Waals surface area (Å²) in [6, 6.07) is 17.7. The van der Waals surface area contributed by atoms with Crippen molar-refractivity contribution in [1.29, 1.82) is 0 Å². The number of rotatable bonds is 3. The number of amides is 1. The number of hydrogen-bond donors (Lipinski definition) is 1. The lowest BCUT2D eigenvalue weighted by Crippen LogP contribution is -2.20. The first kappa shape index (κ1) is 14.6. The summed E-state index contributed by atoms with van der Waals surface area (Å²) in [5.74, 6) is 5.77. The Bertz CT molecular complexity index is 673. The number of nitrogens with one attached hydrogen (secondary N) is 1. The van der Waals surface area contributed by atoms with Gasteiger partial charge < -0.3 is 5.32 Å². The molecular weight excluding hydrogens is 258 g/mol. The van der Waals surface area contributed by atoms with Crippen LogP contribution in [-0.2, 0) is 4.79 Å². The highest BCUT2D eigenvalue weighted by Crippen LogP contribution is 2.04. The van der Waals surface area contributed by atoms with Gasteiger partial charge in [0, 0.05) is 11.6 Å². The van der Waals surface area contributed by atoms with E-state index in [-0.39, 0.29) is 5.91 Å². The zero-order valence-corrected chi connectivity index (χ0v) is 12.0. The van der Waals surface area contributed by atoms with Crippen molar-refractivity contribution >= 4 is 12.0 Å². The zero-order chi connectivity index (χ0) is 14.9. The maximum atomic E-state index is 11.6. The van der Waals surface area contributed by atoms with Gasteiger partial charge in [0.05, 0.1) is 6.54 Å². The van der Waals surface area contributed by atoms with Crippen LogP contribution in [0.2, 0.25) is 0 Å². The number of aryl methyl sites for hydroxylation is 1. The lowest BCUT2D eigenvalue weighted by atomic mass is 10.1. The van der Waals surface area contributed by atoms with Gasteiger partial charge in [0.1, 0.15) is 0 Å². The van der Waals surface area contributed by atoms with Crippen LogP contribution in [0.1, 0.15) is 16.7 Å². The first-order valence-electron chi connectivity index (χ1n) is 6.80. The molecule has 0 fully saturated rings. The molecular formula is C19H17NO. The zero-order valence-electron chi connectivity index (χ0n) is 12.0. The minimum atomic E-state index is -0.141. The van der Waals surface area contributed by atoms with E-state index in [4.69, 9.17) is 0 Å². The summed E-state index contributed by atoms with van der Waals surface area (Å²) in [4.78, 5) is 11.6. The lowest BCUT2D eigenvalue weighted by Gasteiger charge is -1.96. The molecule has 104 valence electrons. The van der Waals surface area contributed by atoms with E-state index in [9.17, 15) is 4.79 Å². The highest BCUT2D eigenvalue weighted by atomic mass is 16.1. The van der Waals surface area contributed by atoms with Crippen LogP contribution in [0.5, 0.6) is 0 Å². The van der Waals surface area contributed by atoms with Crippen molar-refractivity contribution < 1.29 is 4.79 Å². The molecule has 2 heteroatoms. The van der Waals surface area contributed by atoms with E-state index in [1.807, 2.05) is 61.5 Å². The van der Waals surface area contributed by atoms with Gasteiger partial charge in [-0.1, -0.05) is 59.9 Å². The lowest BCUT2D eigenvalue weighted by molar-refractivity contribution is -0.116. The largest absolute Gasteiger partial charge is 0.342 e. The van der Waals surface area contributed by atoms with Crippen LogP contribution in [0.4, 0.5) is 0 Å². The van der Waals surface area contributed by atoms with Crippen LogP contribution in [0, 0.1) is 18.8 Å². The number of carbonyl (C=O) groups excluding carboxylic acids is 1. The number of carbonyl (C=O) groups is 1. The maximum Gasteiger partial charge on any atom is 0.244 e. The third-order valence-corrected chi connectivity index (χ3v) is 2.86. The van der Waals surface area contributed by atoms with Gasteiger partial charge >= 0.3 is 0 Å². The second kappa shape index (κ2) is 7.72. The number of benzene rings is 2. The monoisotopic (exact) mass is 275 g/mol. The Balaban J connectivity index is 1.80. The van der Waals surface area contributed by atoms with E-state index in [1.165, 1.54) is 11.6 Å². The Hall–Kier alpha value is -2.79. The van der Waals surface area contributed by atoms with E-state index in [2.05, 4.69) is 17.2 Å². The highest BCUT2D eigenvalue weighted by molar-refractivity contribution is 5.91. The van der Waals surface area contributed by atoms with Crippen LogP contribution in [0.15, 0.2) is 60.7 Å². The molecule has 2 aromatic rings. The molecule has 0 saturated carbocycles. The molecule has 0 atom stereocenters. The topological polar surface area (TPSA) is 29.1 Å². The molecule has 0 aromatic heterocycles. The van der Waals surface area contributed by atoms with E-state index < -0.39 is 0 Å². The SMILES string of the molecule is Cc1ccc(/C=C/C(=O)NCC#Cc2ccccc2)cc1.